The Balaban J connectivity index is 2.05. The molecule has 2 unspecified atom stereocenters. The Morgan fingerprint density at radius 1 is 1.05 bits per heavy atom. The normalized spacial score (nSPS) is 25.3. The van der Waals surface area contributed by atoms with E-state index in [1.54, 1.807) is 24.3 Å². The first-order chi connectivity index (χ1) is 9.24. The molecular weight excluding hydrogens is 240 g/mol. The molecule has 4 heteroatoms. The standard InChI is InChI=1S/C15H12N2O2/c16-9-10-5-1-4-8-13(10)17-14(18)11-6-2-3-7-12(11)15(17)19/h1-5,8,11-12H,6-7H2. The summed E-state index contributed by atoms with van der Waals surface area (Å²) in [6, 6.07) is 8.76. The molecule has 0 saturated carbocycles. The van der Waals surface area contributed by atoms with Crippen LogP contribution in [0.3, 0.4) is 0 Å². The average molecular weight is 252 g/mol. The maximum Gasteiger partial charge on any atom is 0.238 e. The van der Waals surface area contributed by atoms with Crippen LogP contribution in [0.2, 0.25) is 0 Å². The predicted octanol–water partition coefficient (Wildman–Crippen LogP) is 2.01. The number of amides is 2. The van der Waals surface area contributed by atoms with Crippen LogP contribution in [0.4, 0.5) is 5.69 Å². The van der Waals surface area contributed by atoms with Gasteiger partial charge in [0.2, 0.25) is 11.8 Å². The number of anilines is 1. The maximum atomic E-state index is 12.4. The Bertz CT molecular complexity index is 601. The third-order valence-electron chi connectivity index (χ3n) is 3.77. The summed E-state index contributed by atoms with van der Waals surface area (Å²) in [6.45, 7) is 0. The fraction of sp³-hybridized carbons (Fsp3) is 0.267. The van der Waals surface area contributed by atoms with Crippen molar-refractivity contribution < 1.29 is 9.59 Å². The maximum absolute atomic E-state index is 12.4. The molecule has 19 heavy (non-hydrogen) atoms. The van der Waals surface area contributed by atoms with E-state index in [-0.39, 0.29) is 23.7 Å². The van der Waals surface area contributed by atoms with Crippen LogP contribution in [-0.4, -0.2) is 11.8 Å². The second kappa shape index (κ2) is 4.36. The first-order valence-corrected chi connectivity index (χ1v) is 6.26. The van der Waals surface area contributed by atoms with E-state index in [1.165, 1.54) is 4.90 Å². The zero-order chi connectivity index (χ0) is 13.4. The van der Waals surface area contributed by atoms with Crippen LogP contribution in [-0.2, 0) is 9.59 Å². The van der Waals surface area contributed by atoms with E-state index in [9.17, 15) is 9.59 Å². The number of carbonyl (C=O) groups is 2. The minimum absolute atomic E-state index is 0.179. The summed E-state index contributed by atoms with van der Waals surface area (Å²) >= 11 is 0. The number of allylic oxidation sites excluding steroid dienone is 2. The minimum Gasteiger partial charge on any atom is -0.274 e. The van der Waals surface area contributed by atoms with Gasteiger partial charge < -0.3 is 0 Å². The molecule has 94 valence electrons. The molecular formula is C15H12N2O2. The van der Waals surface area contributed by atoms with Gasteiger partial charge in [0, 0.05) is 0 Å². The van der Waals surface area contributed by atoms with Crippen molar-refractivity contribution in [1.82, 2.24) is 0 Å². The summed E-state index contributed by atoms with van der Waals surface area (Å²) in [7, 11) is 0. The molecule has 2 amide bonds. The Morgan fingerprint density at radius 3 is 2.21 bits per heavy atom. The van der Waals surface area contributed by atoms with E-state index >= 15 is 0 Å². The van der Waals surface area contributed by atoms with Gasteiger partial charge in [-0.3, -0.25) is 9.59 Å². The fourth-order valence-corrected chi connectivity index (χ4v) is 2.80. The molecule has 4 nitrogen and oxygen atoms in total. The van der Waals surface area contributed by atoms with Gasteiger partial charge in [-0.15, -0.1) is 0 Å². The smallest absolute Gasteiger partial charge is 0.238 e. The number of fused-ring (bicyclic) bond motifs is 1. The molecule has 1 saturated heterocycles. The topological polar surface area (TPSA) is 61.2 Å². The molecule has 1 aromatic carbocycles. The van der Waals surface area contributed by atoms with Crippen LogP contribution in [0.1, 0.15) is 18.4 Å². The highest BCUT2D eigenvalue weighted by molar-refractivity contribution is 6.22. The molecule has 1 aromatic rings. The van der Waals surface area contributed by atoms with Crippen molar-refractivity contribution in [3.8, 4) is 6.07 Å². The quantitative estimate of drug-likeness (QED) is 0.567. The monoisotopic (exact) mass is 252 g/mol. The highest BCUT2D eigenvalue weighted by atomic mass is 16.2. The highest BCUT2D eigenvalue weighted by Gasteiger charge is 2.48. The average Bonchev–Trinajstić information content (AvgIpc) is 2.71. The Morgan fingerprint density at radius 2 is 1.63 bits per heavy atom. The van der Waals surface area contributed by atoms with Crippen molar-refractivity contribution >= 4 is 17.5 Å². The lowest BCUT2D eigenvalue weighted by Crippen LogP contribution is -2.31. The molecule has 1 heterocycles. The highest BCUT2D eigenvalue weighted by Crippen LogP contribution is 2.38. The number of para-hydroxylation sites is 1. The molecule has 3 rings (SSSR count). The van der Waals surface area contributed by atoms with E-state index in [0.29, 0.717) is 24.1 Å². The third-order valence-corrected chi connectivity index (χ3v) is 3.77. The van der Waals surface area contributed by atoms with E-state index in [2.05, 4.69) is 0 Å². The summed E-state index contributed by atoms with van der Waals surface area (Å²) < 4.78 is 0. The summed E-state index contributed by atoms with van der Waals surface area (Å²) in [4.78, 5) is 26.0. The molecule has 0 aromatic heterocycles. The van der Waals surface area contributed by atoms with Crippen LogP contribution < -0.4 is 4.90 Å². The largest absolute Gasteiger partial charge is 0.274 e. The molecule has 0 spiro atoms. The minimum atomic E-state index is -0.260. The van der Waals surface area contributed by atoms with Gasteiger partial charge in [-0.25, -0.2) is 4.90 Å². The van der Waals surface area contributed by atoms with Gasteiger partial charge in [-0.1, -0.05) is 24.3 Å². The molecule has 1 aliphatic carbocycles. The first kappa shape index (κ1) is 11.7. The van der Waals surface area contributed by atoms with Gasteiger partial charge in [-0.2, -0.15) is 5.26 Å². The number of nitriles is 1. The third kappa shape index (κ3) is 1.66. The molecule has 1 aliphatic heterocycles. The summed E-state index contributed by atoms with van der Waals surface area (Å²) in [5, 5.41) is 9.10. The number of hydrogen-bond acceptors (Lipinski definition) is 3. The zero-order valence-corrected chi connectivity index (χ0v) is 10.2. The van der Waals surface area contributed by atoms with Crippen molar-refractivity contribution in [3.63, 3.8) is 0 Å². The Hall–Kier alpha value is -2.41. The van der Waals surface area contributed by atoms with Crippen molar-refractivity contribution in [1.29, 1.82) is 5.26 Å². The van der Waals surface area contributed by atoms with Gasteiger partial charge in [0.1, 0.15) is 6.07 Å². The lowest BCUT2D eigenvalue weighted by molar-refractivity contribution is -0.122. The second-order valence-electron chi connectivity index (χ2n) is 4.80. The van der Waals surface area contributed by atoms with Crippen molar-refractivity contribution in [2.24, 2.45) is 11.8 Å². The van der Waals surface area contributed by atoms with E-state index in [0.717, 1.165) is 0 Å². The van der Waals surface area contributed by atoms with Gasteiger partial charge in [0.05, 0.1) is 23.1 Å². The van der Waals surface area contributed by atoms with Gasteiger partial charge >= 0.3 is 0 Å². The number of nitrogens with zero attached hydrogens (tertiary/aromatic N) is 2. The molecule has 0 radical (unpaired) electrons. The van der Waals surface area contributed by atoms with Crippen molar-refractivity contribution in [2.75, 3.05) is 4.90 Å². The van der Waals surface area contributed by atoms with Crippen LogP contribution in [0, 0.1) is 23.2 Å². The van der Waals surface area contributed by atoms with E-state index in [1.807, 2.05) is 18.2 Å². The van der Waals surface area contributed by atoms with Gasteiger partial charge in [-0.05, 0) is 25.0 Å². The van der Waals surface area contributed by atoms with Crippen LogP contribution in [0.25, 0.3) is 0 Å². The lowest BCUT2D eigenvalue weighted by atomic mass is 9.85. The SMILES string of the molecule is N#Cc1ccccc1N1C(=O)C2CC=CCC2C1=O. The Labute approximate surface area is 110 Å². The summed E-state index contributed by atoms with van der Waals surface area (Å²) in [5.74, 6) is -0.877. The number of rotatable bonds is 1. The molecule has 0 N–H and O–H groups in total. The summed E-state index contributed by atoms with van der Waals surface area (Å²) in [6.07, 6.45) is 5.12. The number of carbonyl (C=O) groups excluding carboxylic acids is 2. The number of hydrogen-bond donors (Lipinski definition) is 0. The molecule has 1 fully saturated rings. The number of imide groups is 1. The van der Waals surface area contributed by atoms with Crippen LogP contribution in [0.15, 0.2) is 36.4 Å². The molecule has 2 aliphatic rings. The van der Waals surface area contributed by atoms with Crippen molar-refractivity contribution in [2.45, 2.75) is 12.8 Å². The van der Waals surface area contributed by atoms with Crippen LogP contribution >= 0.6 is 0 Å². The van der Waals surface area contributed by atoms with Gasteiger partial charge in [0.25, 0.3) is 0 Å². The van der Waals surface area contributed by atoms with Gasteiger partial charge in [0.15, 0.2) is 0 Å². The fourth-order valence-electron chi connectivity index (χ4n) is 2.80. The number of benzene rings is 1. The van der Waals surface area contributed by atoms with Crippen molar-refractivity contribution in [3.05, 3.63) is 42.0 Å². The first-order valence-electron chi connectivity index (χ1n) is 6.26. The summed E-state index contributed by atoms with van der Waals surface area (Å²) in [5.41, 5.74) is 0.769. The second-order valence-corrected chi connectivity index (χ2v) is 4.80. The molecule has 0 bridgehead atoms. The predicted molar refractivity (Wildman–Crippen MR) is 69.0 cm³/mol. The molecule has 2 atom stereocenters. The van der Waals surface area contributed by atoms with E-state index < -0.39 is 0 Å². The Kier molecular flexibility index (Phi) is 2.68. The lowest BCUT2D eigenvalue weighted by Gasteiger charge is -2.15. The van der Waals surface area contributed by atoms with E-state index in [4.69, 9.17) is 5.26 Å². The van der Waals surface area contributed by atoms with Crippen LogP contribution in [0.5, 0.6) is 0 Å². The zero-order valence-electron chi connectivity index (χ0n) is 10.2.